The lowest BCUT2D eigenvalue weighted by atomic mass is 10.1. The summed E-state index contributed by atoms with van der Waals surface area (Å²) in [5, 5.41) is 8.76. The Morgan fingerprint density at radius 3 is 2.43 bits per heavy atom. The maximum absolute atomic E-state index is 13.4. The Labute approximate surface area is 163 Å². The van der Waals surface area contributed by atoms with E-state index in [4.69, 9.17) is 9.62 Å². The highest BCUT2D eigenvalue weighted by Crippen LogP contribution is 2.25. The van der Waals surface area contributed by atoms with Crippen LogP contribution in [0.4, 0.5) is 4.39 Å². The predicted octanol–water partition coefficient (Wildman–Crippen LogP) is 4.61. The fourth-order valence-corrected chi connectivity index (χ4v) is 3.15. The fourth-order valence-electron chi connectivity index (χ4n) is 3.15. The zero-order valence-electron chi connectivity index (χ0n) is 15.8. The minimum Gasteiger partial charge on any atom is -0.364 e. The van der Waals surface area contributed by atoms with Crippen LogP contribution in [0.15, 0.2) is 71.6 Å². The molecule has 2 aromatic heterocycles. The average molecular weight is 376 g/mol. The van der Waals surface area contributed by atoms with Gasteiger partial charge < -0.3 is 4.52 Å². The van der Waals surface area contributed by atoms with E-state index in [0.29, 0.717) is 13.1 Å². The molecule has 28 heavy (non-hydrogen) atoms. The molecule has 0 atom stereocenters. The van der Waals surface area contributed by atoms with Gasteiger partial charge in [0.1, 0.15) is 12.1 Å². The summed E-state index contributed by atoms with van der Waals surface area (Å²) in [7, 11) is 2.02. The van der Waals surface area contributed by atoms with Gasteiger partial charge in [-0.1, -0.05) is 22.9 Å². The number of hydrogen-bond acceptors (Lipinski definition) is 4. The topological polar surface area (TPSA) is 47.1 Å². The molecular formula is C22H21FN4O. The largest absolute Gasteiger partial charge is 0.364 e. The van der Waals surface area contributed by atoms with Crippen LogP contribution in [0.25, 0.3) is 16.9 Å². The van der Waals surface area contributed by atoms with Crippen molar-refractivity contribution in [3.8, 4) is 16.9 Å². The molecule has 0 amide bonds. The van der Waals surface area contributed by atoms with Crippen LogP contribution >= 0.6 is 0 Å². The van der Waals surface area contributed by atoms with E-state index in [9.17, 15) is 4.39 Å². The van der Waals surface area contributed by atoms with Crippen LogP contribution in [-0.2, 0) is 13.1 Å². The van der Waals surface area contributed by atoms with E-state index in [0.717, 1.165) is 28.2 Å². The number of halogens is 1. The Hall–Kier alpha value is -3.25. The summed E-state index contributed by atoms with van der Waals surface area (Å²) < 4.78 is 20.2. The van der Waals surface area contributed by atoms with Gasteiger partial charge in [0.2, 0.25) is 0 Å². The first-order valence-corrected chi connectivity index (χ1v) is 9.08. The van der Waals surface area contributed by atoms with Gasteiger partial charge in [-0.3, -0.25) is 4.90 Å². The van der Waals surface area contributed by atoms with Gasteiger partial charge in [-0.25, -0.2) is 9.07 Å². The van der Waals surface area contributed by atoms with Gasteiger partial charge in [0.25, 0.3) is 0 Å². The molecule has 2 heterocycles. The molecule has 6 heteroatoms. The van der Waals surface area contributed by atoms with Gasteiger partial charge in [-0.05, 0) is 50.4 Å². The summed E-state index contributed by atoms with van der Waals surface area (Å²) in [6.45, 7) is 3.39. The number of nitrogens with zero attached hydrogens (tertiary/aromatic N) is 4. The summed E-state index contributed by atoms with van der Waals surface area (Å²) in [4.78, 5) is 2.14. The van der Waals surface area contributed by atoms with Crippen molar-refractivity contribution in [2.45, 2.75) is 20.0 Å². The highest BCUT2D eigenvalue weighted by atomic mass is 19.1. The summed E-state index contributed by atoms with van der Waals surface area (Å²) >= 11 is 0. The lowest BCUT2D eigenvalue weighted by Gasteiger charge is -2.14. The Bertz CT molecular complexity index is 1040. The minimum absolute atomic E-state index is 0.258. The van der Waals surface area contributed by atoms with Crippen molar-refractivity contribution in [3.05, 3.63) is 89.7 Å². The predicted molar refractivity (Wildman–Crippen MR) is 105 cm³/mol. The SMILES string of the molecule is Cc1ccc(-n2cc(CN(C)Cc3ccon3)c(-c3ccc(F)cc3)n2)cc1. The molecule has 0 radical (unpaired) electrons. The first-order valence-electron chi connectivity index (χ1n) is 9.08. The van der Waals surface area contributed by atoms with Gasteiger partial charge in [-0.15, -0.1) is 0 Å². The lowest BCUT2D eigenvalue weighted by molar-refractivity contribution is 0.304. The molecule has 2 aromatic carbocycles. The molecule has 0 spiro atoms. The third-order valence-electron chi connectivity index (χ3n) is 4.57. The standard InChI is InChI=1S/C22H21FN4O/c1-16-3-9-21(10-4-16)27-14-18(13-26(2)15-20-11-12-28-25-20)22(24-27)17-5-7-19(23)8-6-17/h3-12,14H,13,15H2,1-2H3. The Morgan fingerprint density at radius 2 is 1.75 bits per heavy atom. The molecule has 0 aliphatic carbocycles. The third-order valence-corrected chi connectivity index (χ3v) is 4.57. The van der Waals surface area contributed by atoms with Crippen LogP contribution in [0, 0.1) is 12.7 Å². The molecule has 0 saturated carbocycles. The summed E-state index contributed by atoms with van der Waals surface area (Å²) in [6, 6.07) is 16.5. The maximum Gasteiger partial charge on any atom is 0.124 e. The molecule has 142 valence electrons. The summed E-state index contributed by atoms with van der Waals surface area (Å²) in [6.07, 6.45) is 3.60. The lowest BCUT2D eigenvalue weighted by Crippen LogP contribution is -2.17. The van der Waals surface area contributed by atoms with Crippen LogP contribution in [0.1, 0.15) is 16.8 Å². The molecule has 0 unspecified atom stereocenters. The second-order valence-electron chi connectivity index (χ2n) is 6.95. The second-order valence-corrected chi connectivity index (χ2v) is 6.95. The molecular weight excluding hydrogens is 355 g/mol. The van der Waals surface area contributed by atoms with Crippen molar-refractivity contribution in [2.24, 2.45) is 0 Å². The van der Waals surface area contributed by atoms with Gasteiger partial charge in [-0.2, -0.15) is 5.10 Å². The zero-order valence-corrected chi connectivity index (χ0v) is 15.8. The third kappa shape index (κ3) is 4.02. The van der Waals surface area contributed by atoms with Crippen molar-refractivity contribution in [3.63, 3.8) is 0 Å². The molecule has 4 aromatic rings. The van der Waals surface area contributed by atoms with Crippen molar-refractivity contribution in [2.75, 3.05) is 7.05 Å². The maximum atomic E-state index is 13.4. The van der Waals surface area contributed by atoms with E-state index in [1.807, 2.05) is 36.1 Å². The van der Waals surface area contributed by atoms with Crippen molar-refractivity contribution < 1.29 is 8.91 Å². The number of rotatable bonds is 6. The fraction of sp³-hybridized carbons (Fsp3) is 0.182. The quantitative estimate of drug-likeness (QED) is 0.493. The molecule has 0 fully saturated rings. The number of aromatic nitrogens is 3. The molecule has 0 saturated heterocycles. The van der Waals surface area contributed by atoms with Crippen LogP contribution in [0.5, 0.6) is 0 Å². The van der Waals surface area contributed by atoms with Gasteiger partial charge >= 0.3 is 0 Å². The molecule has 4 rings (SSSR count). The Balaban J connectivity index is 1.67. The van der Waals surface area contributed by atoms with Crippen LogP contribution < -0.4 is 0 Å². The Morgan fingerprint density at radius 1 is 1.00 bits per heavy atom. The molecule has 0 aliphatic rings. The van der Waals surface area contributed by atoms with Gasteiger partial charge in [0.15, 0.2) is 0 Å². The average Bonchev–Trinajstić information content (AvgIpc) is 3.33. The van der Waals surface area contributed by atoms with E-state index in [-0.39, 0.29) is 5.82 Å². The van der Waals surface area contributed by atoms with Crippen molar-refractivity contribution in [1.82, 2.24) is 19.8 Å². The van der Waals surface area contributed by atoms with Crippen LogP contribution in [0.3, 0.4) is 0 Å². The monoisotopic (exact) mass is 376 g/mol. The zero-order chi connectivity index (χ0) is 19.5. The normalized spacial score (nSPS) is 11.3. The number of aryl methyl sites for hydroxylation is 1. The van der Waals surface area contributed by atoms with Crippen molar-refractivity contribution >= 4 is 0 Å². The first kappa shape index (κ1) is 18.1. The Kier molecular flexibility index (Phi) is 5.04. The van der Waals surface area contributed by atoms with E-state index >= 15 is 0 Å². The van der Waals surface area contributed by atoms with Crippen LogP contribution in [0.2, 0.25) is 0 Å². The molecule has 0 aliphatic heterocycles. The van der Waals surface area contributed by atoms with E-state index in [1.54, 1.807) is 18.4 Å². The van der Waals surface area contributed by atoms with E-state index in [2.05, 4.69) is 29.1 Å². The molecule has 0 bridgehead atoms. The van der Waals surface area contributed by atoms with E-state index in [1.165, 1.54) is 17.7 Å². The second kappa shape index (κ2) is 7.78. The van der Waals surface area contributed by atoms with Crippen molar-refractivity contribution in [1.29, 1.82) is 0 Å². The molecule has 0 N–H and O–H groups in total. The first-order chi connectivity index (χ1) is 13.6. The highest BCUT2D eigenvalue weighted by molar-refractivity contribution is 5.63. The van der Waals surface area contributed by atoms with Crippen LogP contribution in [-0.4, -0.2) is 26.9 Å². The summed E-state index contributed by atoms with van der Waals surface area (Å²) in [5.41, 5.74) is 5.83. The van der Waals surface area contributed by atoms with Gasteiger partial charge in [0, 0.05) is 36.5 Å². The van der Waals surface area contributed by atoms with Gasteiger partial charge in [0.05, 0.1) is 17.1 Å². The number of benzene rings is 2. The highest BCUT2D eigenvalue weighted by Gasteiger charge is 2.15. The smallest absolute Gasteiger partial charge is 0.124 e. The molecule has 5 nitrogen and oxygen atoms in total. The summed E-state index contributed by atoms with van der Waals surface area (Å²) in [5.74, 6) is -0.258. The van der Waals surface area contributed by atoms with E-state index < -0.39 is 0 Å². The number of hydrogen-bond donors (Lipinski definition) is 0. The minimum atomic E-state index is -0.258.